The van der Waals surface area contributed by atoms with E-state index in [-0.39, 0.29) is 19.1 Å². The highest BCUT2D eigenvalue weighted by Crippen LogP contribution is 2.22. The van der Waals surface area contributed by atoms with E-state index >= 15 is 0 Å². The molecular formula is C19H25N3O3. The molecule has 0 unspecified atom stereocenters. The number of aliphatic hydroxyl groups is 1. The monoisotopic (exact) mass is 343 g/mol. The molecule has 0 saturated carbocycles. The van der Waals surface area contributed by atoms with Gasteiger partial charge in [-0.1, -0.05) is 18.2 Å². The van der Waals surface area contributed by atoms with Crippen molar-refractivity contribution in [2.75, 3.05) is 26.3 Å². The zero-order valence-corrected chi connectivity index (χ0v) is 14.3. The predicted molar refractivity (Wildman–Crippen MR) is 95.8 cm³/mol. The molecule has 6 nitrogen and oxygen atoms in total. The van der Waals surface area contributed by atoms with Gasteiger partial charge in [-0.15, -0.1) is 0 Å². The summed E-state index contributed by atoms with van der Waals surface area (Å²) in [4.78, 5) is 12.6. The topological polar surface area (TPSA) is 75.5 Å². The van der Waals surface area contributed by atoms with Gasteiger partial charge >= 0.3 is 0 Å². The van der Waals surface area contributed by atoms with Crippen LogP contribution < -0.4 is 15.4 Å². The molecule has 0 radical (unpaired) electrons. The van der Waals surface area contributed by atoms with Gasteiger partial charge in [0.15, 0.2) is 0 Å². The van der Waals surface area contributed by atoms with Crippen LogP contribution in [0.15, 0.2) is 42.6 Å². The lowest BCUT2D eigenvalue weighted by atomic mass is 10.1. The zero-order chi connectivity index (χ0) is 17.5. The van der Waals surface area contributed by atoms with E-state index in [0.717, 1.165) is 31.5 Å². The van der Waals surface area contributed by atoms with Gasteiger partial charge < -0.3 is 25.0 Å². The lowest BCUT2D eigenvalue weighted by Crippen LogP contribution is -2.32. The fourth-order valence-corrected chi connectivity index (χ4v) is 3.20. The third kappa shape index (κ3) is 4.41. The van der Waals surface area contributed by atoms with Crippen molar-refractivity contribution < 1.29 is 14.6 Å². The lowest BCUT2D eigenvalue weighted by molar-refractivity contribution is 0.0937. The molecule has 1 aromatic carbocycles. The van der Waals surface area contributed by atoms with Gasteiger partial charge in [-0.2, -0.15) is 0 Å². The molecule has 0 atom stereocenters. The minimum Gasteiger partial charge on any atom is -0.491 e. The highest BCUT2D eigenvalue weighted by atomic mass is 16.5. The molecule has 3 rings (SSSR count). The van der Waals surface area contributed by atoms with Crippen LogP contribution >= 0.6 is 0 Å². The molecule has 3 N–H and O–H groups in total. The SMILES string of the molecule is O=C(NCc1ccccc1OCCO)c1cccn1C1CCNCC1. The molecular weight excluding hydrogens is 318 g/mol. The normalized spacial score (nSPS) is 15.1. The van der Waals surface area contributed by atoms with E-state index in [9.17, 15) is 4.79 Å². The number of ether oxygens (including phenoxy) is 1. The fraction of sp³-hybridized carbons (Fsp3) is 0.421. The molecule has 1 fully saturated rings. The molecule has 1 aromatic heterocycles. The molecule has 1 amide bonds. The second-order valence-corrected chi connectivity index (χ2v) is 6.14. The van der Waals surface area contributed by atoms with Gasteiger partial charge in [0.2, 0.25) is 0 Å². The number of aliphatic hydroxyl groups excluding tert-OH is 1. The number of amides is 1. The Balaban J connectivity index is 1.65. The maximum absolute atomic E-state index is 12.6. The third-order valence-corrected chi connectivity index (χ3v) is 4.47. The maximum Gasteiger partial charge on any atom is 0.268 e. The summed E-state index contributed by atoms with van der Waals surface area (Å²) >= 11 is 0. The zero-order valence-electron chi connectivity index (χ0n) is 14.3. The summed E-state index contributed by atoms with van der Waals surface area (Å²) in [5.74, 6) is 0.603. The van der Waals surface area contributed by atoms with E-state index in [2.05, 4.69) is 15.2 Å². The van der Waals surface area contributed by atoms with Crippen LogP contribution in [0.3, 0.4) is 0 Å². The standard InChI is InChI=1S/C19H25N3O3/c23-12-13-25-18-6-2-1-4-15(18)14-21-19(24)17-5-3-11-22(17)16-7-9-20-10-8-16/h1-6,11,16,20,23H,7-10,12-14H2,(H,21,24). The quantitative estimate of drug-likeness (QED) is 0.715. The highest BCUT2D eigenvalue weighted by molar-refractivity contribution is 5.92. The average molecular weight is 343 g/mol. The number of carbonyl (C=O) groups excluding carboxylic acids is 1. The highest BCUT2D eigenvalue weighted by Gasteiger charge is 2.20. The number of hydrogen-bond donors (Lipinski definition) is 3. The van der Waals surface area contributed by atoms with Gasteiger partial charge in [0.05, 0.1) is 6.61 Å². The summed E-state index contributed by atoms with van der Waals surface area (Å²) in [6.07, 6.45) is 4.06. The minimum atomic E-state index is -0.0829. The summed E-state index contributed by atoms with van der Waals surface area (Å²) in [6.45, 7) is 2.56. The van der Waals surface area contributed by atoms with Crippen LogP contribution in [0.25, 0.3) is 0 Å². The summed E-state index contributed by atoms with van der Waals surface area (Å²) < 4.78 is 7.60. The molecule has 2 aromatic rings. The van der Waals surface area contributed by atoms with E-state index in [1.54, 1.807) is 0 Å². The molecule has 0 aliphatic carbocycles. The Morgan fingerprint density at radius 3 is 2.84 bits per heavy atom. The summed E-state index contributed by atoms with van der Waals surface area (Å²) in [7, 11) is 0. The summed E-state index contributed by atoms with van der Waals surface area (Å²) in [6, 6.07) is 11.7. The number of nitrogens with one attached hydrogen (secondary N) is 2. The van der Waals surface area contributed by atoms with Crippen molar-refractivity contribution in [1.29, 1.82) is 0 Å². The maximum atomic E-state index is 12.6. The number of hydrogen-bond acceptors (Lipinski definition) is 4. The van der Waals surface area contributed by atoms with Crippen molar-refractivity contribution in [2.45, 2.75) is 25.4 Å². The number of piperidine rings is 1. The summed E-state index contributed by atoms with van der Waals surface area (Å²) in [5, 5.41) is 15.2. The van der Waals surface area contributed by atoms with Crippen LogP contribution in [-0.4, -0.2) is 41.9 Å². The van der Waals surface area contributed by atoms with Gasteiger partial charge in [0.25, 0.3) is 5.91 Å². The Morgan fingerprint density at radius 2 is 2.04 bits per heavy atom. The van der Waals surface area contributed by atoms with Gasteiger partial charge in [0.1, 0.15) is 18.1 Å². The first-order valence-corrected chi connectivity index (χ1v) is 8.77. The van der Waals surface area contributed by atoms with Crippen molar-refractivity contribution in [3.8, 4) is 5.75 Å². The number of carbonyl (C=O) groups is 1. The molecule has 134 valence electrons. The van der Waals surface area contributed by atoms with E-state index in [1.807, 2.05) is 42.6 Å². The van der Waals surface area contributed by atoms with E-state index in [0.29, 0.717) is 24.0 Å². The van der Waals surface area contributed by atoms with Crippen LogP contribution in [0, 0.1) is 0 Å². The first kappa shape index (κ1) is 17.5. The number of nitrogens with zero attached hydrogens (tertiary/aromatic N) is 1. The first-order valence-electron chi connectivity index (χ1n) is 8.77. The Bertz CT molecular complexity index is 693. The molecule has 2 heterocycles. The van der Waals surface area contributed by atoms with Crippen molar-refractivity contribution in [2.24, 2.45) is 0 Å². The Hall–Kier alpha value is -2.31. The second kappa shape index (κ2) is 8.69. The van der Waals surface area contributed by atoms with Gasteiger partial charge in [0, 0.05) is 24.3 Å². The average Bonchev–Trinajstić information content (AvgIpc) is 3.15. The van der Waals surface area contributed by atoms with E-state index < -0.39 is 0 Å². The van der Waals surface area contributed by atoms with Crippen LogP contribution in [-0.2, 0) is 6.54 Å². The van der Waals surface area contributed by atoms with Crippen molar-refractivity contribution in [1.82, 2.24) is 15.2 Å². The third-order valence-electron chi connectivity index (χ3n) is 4.47. The second-order valence-electron chi connectivity index (χ2n) is 6.14. The van der Waals surface area contributed by atoms with Gasteiger partial charge in [-0.3, -0.25) is 4.79 Å². The minimum absolute atomic E-state index is 0.0372. The molecule has 6 heteroatoms. The lowest BCUT2D eigenvalue weighted by Gasteiger charge is -2.26. The Kier molecular flexibility index (Phi) is 6.09. The predicted octanol–water partition coefficient (Wildman–Crippen LogP) is 1.71. The van der Waals surface area contributed by atoms with Crippen LogP contribution in [0.4, 0.5) is 0 Å². The summed E-state index contributed by atoms with van der Waals surface area (Å²) in [5.41, 5.74) is 1.59. The Labute approximate surface area is 147 Å². The fourth-order valence-electron chi connectivity index (χ4n) is 3.20. The van der Waals surface area contributed by atoms with Gasteiger partial charge in [-0.25, -0.2) is 0 Å². The van der Waals surface area contributed by atoms with Gasteiger partial charge in [-0.05, 0) is 44.1 Å². The van der Waals surface area contributed by atoms with Crippen molar-refractivity contribution >= 4 is 5.91 Å². The number of aromatic nitrogens is 1. The molecule has 1 aliphatic heterocycles. The molecule has 1 saturated heterocycles. The van der Waals surface area contributed by atoms with E-state index in [4.69, 9.17) is 9.84 Å². The largest absolute Gasteiger partial charge is 0.491 e. The van der Waals surface area contributed by atoms with Crippen molar-refractivity contribution in [3.63, 3.8) is 0 Å². The molecule has 1 aliphatic rings. The van der Waals surface area contributed by atoms with E-state index in [1.165, 1.54) is 0 Å². The number of para-hydroxylation sites is 1. The smallest absolute Gasteiger partial charge is 0.268 e. The number of benzene rings is 1. The molecule has 0 bridgehead atoms. The van der Waals surface area contributed by atoms with Crippen LogP contribution in [0.5, 0.6) is 5.75 Å². The Morgan fingerprint density at radius 1 is 1.24 bits per heavy atom. The van der Waals surface area contributed by atoms with Crippen LogP contribution in [0.1, 0.15) is 34.9 Å². The van der Waals surface area contributed by atoms with Crippen LogP contribution in [0.2, 0.25) is 0 Å². The molecule has 0 spiro atoms. The molecule has 25 heavy (non-hydrogen) atoms. The first-order chi connectivity index (χ1) is 12.3. The van der Waals surface area contributed by atoms with Crippen molar-refractivity contribution in [3.05, 3.63) is 53.9 Å². The number of rotatable bonds is 7.